The van der Waals surface area contributed by atoms with E-state index in [9.17, 15) is 5.11 Å². The van der Waals surface area contributed by atoms with Crippen molar-refractivity contribution in [1.82, 2.24) is 0 Å². The van der Waals surface area contributed by atoms with E-state index < -0.39 is 6.10 Å². The van der Waals surface area contributed by atoms with Crippen LogP contribution in [0.1, 0.15) is 17.2 Å². The van der Waals surface area contributed by atoms with Gasteiger partial charge in [0.1, 0.15) is 11.9 Å². The van der Waals surface area contributed by atoms with Crippen molar-refractivity contribution in [2.45, 2.75) is 6.10 Å². The molecule has 0 saturated carbocycles. The number of rotatable bonds is 3. The van der Waals surface area contributed by atoms with Crippen LogP contribution in [0.15, 0.2) is 51.4 Å². The first kappa shape index (κ1) is 13.6. The Bertz CT molecular complexity index is 555. The average molecular weight is 372 g/mol. The Labute approximate surface area is 123 Å². The zero-order chi connectivity index (χ0) is 13.1. The summed E-state index contributed by atoms with van der Waals surface area (Å²) in [6, 6.07) is 13.1. The first-order valence-electron chi connectivity index (χ1n) is 5.39. The van der Waals surface area contributed by atoms with Gasteiger partial charge in [-0.3, -0.25) is 0 Å². The fourth-order valence-corrected chi connectivity index (χ4v) is 2.40. The molecule has 0 radical (unpaired) electrons. The van der Waals surface area contributed by atoms with Crippen molar-refractivity contribution < 1.29 is 9.84 Å². The van der Waals surface area contributed by atoms with Crippen LogP contribution in [-0.4, -0.2) is 12.2 Å². The van der Waals surface area contributed by atoms with Gasteiger partial charge in [-0.2, -0.15) is 0 Å². The lowest BCUT2D eigenvalue weighted by molar-refractivity contribution is 0.214. The fraction of sp³-hybridized carbons (Fsp3) is 0.143. The molecule has 0 heterocycles. The van der Waals surface area contributed by atoms with Gasteiger partial charge in [-0.1, -0.05) is 24.3 Å². The molecule has 1 N–H and O–H groups in total. The molecular weight excluding hydrogens is 360 g/mol. The van der Waals surface area contributed by atoms with Crippen LogP contribution in [-0.2, 0) is 0 Å². The summed E-state index contributed by atoms with van der Waals surface area (Å²) in [5.41, 5.74) is 1.57. The quantitative estimate of drug-likeness (QED) is 0.871. The van der Waals surface area contributed by atoms with Gasteiger partial charge in [-0.25, -0.2) is 0 Å². The summed E-state index contributed by atoms with van der Waals surface area (Å²) in [4.78, 5) is 0. The van der Waals surface area contributed by atoms with Crippen molar-refractivity contribution in [2.24, 2.45) is 0 Å². The van der Waals surface area contributed by atoms with E-state index in [1.807, 2.05) is 42.5 Å². The van der Waals surface area contributed by atoms with Crippen molar-refractivity contribution in [2.75, 3.05) is 7.11 Å². The number of benzene rings is 2. The molecule has 0 aliphatic carbocycles. The number of halogens is 2. The van der Waals surface area contributed by atoms with Crippen LogP contribution in [0.4, 0.5) is 0 Å². The van der Waals surface area contributed by atoms with Gasteiger partial charge in [-0.05, 0) is 55.6 Å². The lowest BCUT2D eigenvalue weighted by Crippen LogP contribution is -2.02. The number of hydrogen-bond donors (Lipinski definition) is 1. The molecule has 1 atom stereocenters. The van der Waals surface area contributed by atoms with Gasteiger partial charge < -0.3 is 9.84 Å². The van der Waals surface area contributed by atoms with Gasteiger partial charge in [0, 0.05) is 14.5 Å². The number of para-hydroxylation sites is 1. The lowest BCUT2D eigenvalue weighted by atomic mass is 10.0. The molecule has 0 aromatic heterocycles. The minimum atomic E-state index is -0.703. The van der Waals surface area contributed by atoms with E-state index in [1.54, 1.807) is 7.11 Å². The molecule has 2 rings (SSSR count). The maximum absolute atomic E-state index is 10.4. The van der Waals surface area contributed by atoms with E-state index in [2.05, 4.69) is 31.9 Å². The molecule has 2 nitrogen and oxygen atoms in total. The molecule has 0 aliphatic heterocycles. The predicted octanol–water partition coefficient (Wildman–Crippen LogP) is 4.30. The molecule has 1 unspecified atom stereocenters. The van der Waals surface area contributed by atoms with Crippen LogP contribution in [0.3, 0.4) is 0 Å². The maximum atomic E-state index is 10.4. The van der Waals surface area contributed by atoms with Crippen LogP contribution in [0.5, 0.6) is 5.75 Å². The summed E-state index contributed by atoms with van der Waals surface area (Å²) in [5, 5.41) is 10.4. The van der Waals surface area contributed by atoms with E-state index in [4.69, 9.17) is 4.74 Å². The Morgan fingerprint density at radius 3 is 2.44 bits per heavy atom. The van der Waals surface area contributed by atoms with Crippen molar-refractivity contribution in [3.8, 4) is 5.75 Å². The molecule has 0 aliphatic rings. The second-order valence-corrected chi connectivity index (χ2v) is 5.53. The SMILES string of the molecule is COc1ccccc1C(O)c1ccc(Br)c(Br)c1. The maximum Gasteiger partial charge on any atom is 0.125 e. The number of methoxy groups -OCH3 is 1. The van der Waals surface area contributed by atoms with Crippen molar-refractivity contribution in [3.63, 3.8) is 0 Å². The Morgan fingerprint density at radius 1 is 1.06 bits per heavy atom. The molecule has 2 aromatic rings. The van der Waals surface area contributed by atoms with Crippen LogP contribution >= 0.6 is 31.9 Å². The number of hydrogen-bond acceptors (Lipinski definition) is 2. The van der Waals surface area contributed by atoms with Gasteiger partial charge >= 0.3 is 0 Å². The van der Waals surface area contributed by atoms with Crippen LogP contribution in [0, 0.1) is 0 Å². The second kappa shape index (κ2) is 5.87. The van der Waals surface area contributed by atoms with E-state index in [1.165, 1.54) is 0 Å². The Balaban J connectivity index is 2.41. The highest BCUT2D eigenvalue weighted by Gasteiger charge is 2.15. The van der Waals surface area contributed by atoms with Crippen LogP contribution < -0.4 is 4.74 Å². The van der Waals surface area contributed by atoms with Gasteiger partial charge in [0.15, 0.2) is 0 Å². The minimum Gasteiger partial charge on any atom is -0.496 e. The zero-order valence-corrected chi connectivity index (χ0v) is 12.9. The number of aliphatic hydroxyl groups is 1. The molecular formula is C14H12Br2O2. The highest BCUT2D eigenvalue weighted by Crippen LogP contribution is 2.32. The van der Waals surface area contributed by atoms with Crippen molar-refractivity contribution >= 4 is 31.9 Å². The number of aliphatic hydroxyl groups excluding tert-OH is 1. The normalized spacial score (nSPS) is 12.2. The topological polar surface area (TPSA) is 29.5 Å². The van der Waals surface area contributed by atoms with Crippen LogP contribution in [0.2, 0.25) is 0 Å². The number of ether oxygens (including phenoxy) is 1. The molecule has 94 valence electrons. The van der Waals surface area contributed by atoms with Gasteiger partial charge in [0.2, 0.25) is 0 Å². The third kappa shape index (κ3) is 2.76. The zero-order valence-electron chi connectivity index (χ0n) is 9.73. The first-order chi connectivity index (χ1) is 8.63. The molecule has 0 fully saturated rings. The summed E-state index contributed by atoms with van der Waals surface area (Å²) >= 11 is 6.84. The van der Waals surface area contributed by atoms with E-state index >= 15 is 0 Å². The summed E-state index contributed by atoms with van der Waals surface area (Å²) in [5.74, 6) is 0.684. The van der Waals surface area contributed by atoms with E-state index in [-0.39, 0.29) is 0 Å². The average Bonchev–Trinajstić information content (AvgIpc) is 2.41. The van der Waals surface area contributed by atoms with Gasteiger partial charge in [0.25, 0.3) is 0 Å². The first-order valence-corrected chi connectivity index (χ1v) is 6.98. The smallest absolute Gasteiger partial charge is 0.125 e. The van der Waals surface area contributed by atoms with Crippen molar-refractivity contribution in [1.29, 1.82) is 0 Å². The molecule has 0 amide bonds. The summed E-state index contributed by atoms with van der Waals surface area (Å²) in [7, 11) is 1.60. The van der Waals surface area contributed by atoms with Gasteiger partial charge in [-0.15, -0.1) is 0 Å². The lowest BCUT2D eigenvalue weighted by Gasteiger charge is -2.15. The summed E-state index contributed by atoms with van der Waals surface area (Å²) in [6.45, 7) is 0. The molecule has 0 saturated heterocycles. The second-order valence-electron chi connectivity index (χ2n) is 3.82. The summed E-state index contributed by atoms with van der Waals surface area (Å²) < 4.78 is 7.13. The third-order valence-corrected chi connectivity index (χ3v) is 4.57. The molecule has 0 spiro atoms. The highest BCUT2D eigenvalue weighted by molar-refractivity contribution is 9.13. The largest absolute Gasteiger partial charge is 0.496 e. The standard InChI is InChI=1S/C14H12Br2O2/c1-18-13-5-3-2-4-10(13)14(17)9-6-7-11(15)12(16)8-9/h2-8,14,17H,1H3. The predicted molar refractivity (Wildman–Crippen MR) is 78.9 cm³/mol. The highest BCUT2D eigenvalue weighted by atomic mass is 79.9. The third-order valence-electron chi connectivity index (χ3n) is 2.69. The van der Waals surface area contributed by atoms with Gasteiger partial charge in [0.05, 0.1) is 7.11 Å². The Morgan fingerprint density at radius 2 is 1.78 bits per heavy atom. The monoisotopic (exact) mass is 370 g/mol. The molecule has 2 aromatic carbocycles. The molecule has 18 heavy (non-hydrogen) atoms. The Kier molecular flexibility index (Phi) is 4.43. The molecule has 4 heteroatoms. The molecule has 0 bridgehead atoms. The van der Waals surface area contributed by atoms with E-state index in [0.29, 0.717) is 5.75 Å². The van der Waals surface area contributed by atoms with Crippen LogP contribution in [0.25, 0.3) is 0 Å². The Hall–Kier alpha value is -0.840. The minimum absolute atomic E-state index is 0.684. The van der Waals surface area contributed by atoms with E-state index in [0.717, 1.165) is 20.1 Å². The van der Waals surface area contributed by atoms with Crippen molar-refractivity contribution in [3.05, 3.63) is 62.5 Å². The summed E-state index contributed by atoms with van der Waals surface area (Å²) in [6.07, 6.45) is -0.703. The fourth-order valence-electron chi connectivity index (χ4n) is 1.75.